The van der Waals surface area contributed by atoms with Gasteiger partial charge in [0.25, 0.3) is 5.91 Å². The van der Waals surface area contributed by atoms with Crippen molar-refractivity contribution >= 4 is 45.7 Å². The Bertz CT molecular complexity index is 917. The molecule has 0 aromatic carbocycles. The molecule has 1 aliphatic rings. The number of nitrogens with zero attached hydrogens (tertiary/aromatic N) is 2. The Labute approximate surface area is 184 Å². The molecule has 162 valence electrons. The molecule has 0 spiro atoms. The van der Waals surface area contributed by atoms with E-state index in [2.05, 4.69) is 25.0 Å². The van der Waals surface area contributed by atoms with Gasteiger partial charge in [-0.1, -0.05) is 18.0 Å². The molecule has 0 saturated heterocycles. The van der Waals surface area contributed by atoms with Crippen LogP contribution in [-0.2, 0) is 4.79 Å². The van der Waals surface area contributed by atoms with Crippen molar-refractivity contribution in [1.82, 2.24) is 19.7 Å². The van der Waals surface area contributed by atoms with Crippen LogP contribution in [0.2, 0.25) is 5.02 Å². The number of imidazole rings is 1. The summed E-state index contributed by atoms with van der Waals surface area (Å²) in [6.45, 7) is 1.82. The van der Waals surface area contributed by atoms with Crippen LogP contribution in [0.4, 0.5) is 5.00 Å². The molecule has 3 N–H and O–H groups in total. The SMILES string of the molecule is CNC(=O)c1[nH]cnc1C(=O)CCCC1CCC(C(=O)Nc2snc(C)c2Cl)CC1. The molecule has 2 heterocycles. The lowest BCUT2D eigenvalue weighted by Crippen LogP contribution is -2.27. The smallest absolute Gasteiger partial charge is 0.269 e. The molecule has 2 aromatic rings. The van der Waals surface area contributed by atoms with E-state index < -0.39 is 0 Å². The van der Waals surface area contributed by atoms with Gasteiger partial charge in [0.1, 0.15) is 16.4 Å². The number of aromatic amines is 1. The number of aryl methyl sites for hydroxylation is 1. The highest BCUT2D eigenvalue weighted by Gasteiger charge is 2.27. The molecule has 8 nitrogen and oxygen atoms in total. The summed E-state index contributed by atoms with van der Waals surface area (Å²) < 4.78 is 4.15. The molecule has 30 heavy (non-hydrogen) atoms. The average Bonchev–Trinajstić information content (AvgIpc) is 3.36. The van der Waals surface area contributed by atoms with Gasteiger partial charge in [-0.15, -0.1) is 0 Å². The summed E-state index contributed by atoms with van der Waals surface area (Å²) in [4.78, 5) is 43.4. The van der Waals surface area contributed by atoms with Crippen LogP contribution in [0.1, 0.15) is 71.6 Å². The van der Waals surface area contributed by atoms with Gasteiger partial charge in [0.2, 0.25) is 5.91 Å². The highest BCUT2D eigenvalue weighted by atomic mass is 35.5. The quantitative estimate of drug-likeness (QED) is 0.524. The molecular formula is C20H26ClN5O3S. The van der Waals surface area contributed by atoms with Crippen LogP contribution in [0.15, 0.2) is 6.33 Å². The van der Waals surface area contributed by atoms with E-state index in [0.29, 0.717) is 22.4 Å². The number of carbonyl (C=O) groups is 3. The predicted molar refractivity (Wildman–Crippen MR) is 116 cm³/mol. The van der Waals surface area contributed by atoms with Crippen LogP contribution in [0, 0.1) is 18.8 Å². The van der Waals surface area contributed by atoms with Gasteiger partial charge in [-0.05, 0) is 56.5 Å². The third kappa shape index (κ3) is 5.26. The second-order valence-corrected chi connectivity index (χ2v) is 8.79. The third-order valence-corrected chi connectivity index (χ3v) is 7.05. The van der Waals surface area contributed by atoms with E-state index in [1.165, 1.54) is 24.9 Å². The molecule has 1 saturated carbocycles. The van der Waals surface area contributed by atoms with Crippen molar-refractivity contribution in [2.24, 2.45) is 11.8 Å². The maximum atomic E-state index is 12.5. The highest BCUT2D eigenvalue weighted by molar-refractivity contribution is 7.11. The second kappa shape index (κ2) is 10.2. The number of amides is 2. The number of nitrogens with one attached hydrogen (secondary N) is 3. The first kappa shape index (κ1) is 22.4. The van der Waals surface area contributed by atoms with E-state index in [-0.39, 0.29) is 34.9 Å². The number of ketones is 1. The van der Waals surface area contributed by atoms with Gasteiger partial charge < -0.3 is 15.6 Å². The van der Waals surface area contributed by atoms with Crippen LogP contribution >= 0.6 is 23.1 Å². The molecule has 1 fully saturated rings. The second-order valence-electron chi connectivity index (χ2n) is 7.64. The van der Waals surface area contributed by atoms with Crippen LogP contribution in [0.5, 0.6) is 0 Å². The number of anilines is 1. The van der Waals surface area contributed by atoms with Gasteiger partial charge in [-0.2, -0.15) is 4.37 Å². The first-order valence-corrected chi connectivity index (χ1v) is 11.3. The third-order valence-electron chi connectivity index (χ3n) is 5.62. The lowest BCUT2D eigenvalue weighted by molar-refractivity contribution is -0.121. The normalized spacial score (nSPS) is 18.8. The summed E-state index contributed by atoms with van der Waals surface area (Å²) in [6.07, 6.45) is 7.00. The summed E-state index contributed by atoms with van der Waals surface area (Å²) in [5.41, 5.74) is 1.14. The molecule has 0 unspecified atom stereocenters. The van der Waals surface area contributed by atoms with Crippen LogP contribution < -0.4 is 10.6 Å². The van der Waals surface area contributed by atoms with Gasteiger partial charge in [0.05, 0.1) is 17.0 Å². The Kier molecular flexibility index (Phi) is 7.60. The molecule has 0 atom stereocenters. The number of aromatic nitrogens is 3. The Morgan fingerprint density at radius 2 is 2.00 bits per heavy atom. The van der Waals surface area contributed by atoms with Gasteiger partial charge in [0, 0.05) is 19.4 Å². The number of H-pyrrole nitrogens is 1. The maximum absolute atomic E-state index is 12.5. The predicted octanol–water partition coefficient (Wildman–Crippen LogP) is 3.99. The van der Waals surface area contributed by atoms with Crippen molar-refractivity contribution in [2.45, 2.75) is 51.9 Å². The summed E-state index contributed by atoms with van der Waals surface area (Å²) >= 11 is 7.35. The summed E-state index contributed by atoms with van der Waals surface area (Å²) in [6, 6.07) is 0. The standard InChI is InChI=1S/C20H26ClN5O3S/c1-11-15(21)20(30-26-11)25-18(28)13-8-6-12(7-9-13)4-3-5-14(27)16-17(19(29)22-2)24-10-23-16/h10,12-13H,3-9H2,1-2H3,(H,22,29)(H,23,24)(H,25,28). The summed E-state index contributed by atoms with van der Waals surface area (Å²) in [7, 11) is 1.51. The van der Waals surface area contributed by atoms with E-state index in [4.69, 9.17) is 11.6 Å². The lowest BCUT2D eigenvalue weighted by atomic mass is 9.79. The molecule has 0 bridgehead atoms. The molecule has 10 heteroatoms. The van der Waals surface area contributed by atoms with E-state index in [1.807, 2.05) is 6.92 Å². The summed E-state index contributed by atoms with van der Waals surface area (Å²) in [5, 5.41) is 6.54. The monoisotopic (exact) mass is 451 g/mol. The van der Waals surface area contributed by atoms with Crippen molar-refractivity contribution in [3.8, 4) is 0 Å². The Morgan fingerprint density at radius 3 is 2.63 bits per heavy atom. The van der Waals surface area contributed by atoms with Crippen molar-refractivity contribution in [1.29, 1.82) is 0 Å². The minimum Gasteiger partial charge on any atom is -0.354 e. The Balaban J connectivity index is 1.40. The Morgan fingerprint density at radius 1 is 1.27 bits per heavy atom. The number of carbonyl (C=O) groups excluding carboxylic acids is 3. The van der Waals surface area contributed by atoms with Crippen molar-refractivity contribution in [3.05, 3.63) is 28.4 Å². The number of hydrogen-bond acceptors (Lipinski definition) is 6. The van der Waals surface area contributed by atoms with Gasteiger partial charge >= 0.3 is 0 Å². The highest BCUT2D eigenvalue weighted by Crippen LogP contribution is 2.34. The molecule has 0 radical (unpaired) electrons. The zero-order chi connectivity index (χ0) is 21.7. The number of halogens is 1. The summed E-state index contributed by atoms with van der Waals surface area (Å²) in [5.74, 6) is 0.0329. The van der Waals surface area contributed by atoms with Crippen LogP contribution in [0.25, 0.3) is 0 Å². The van der Waals surface area contributed by atoms with Crippen molar-refractivity contribution < 1.29 is 14.4 Å². The zero-order valence-corrected chi connectivity index (χ0v) is 18.7. The first-order valence-electron chi connectivity index (χ1n) is 10.1. The van der Waals surface area contributed by atoms with Crippen LogP contribution in [-0.4, -0.2) is 39.0 Å². The molecule has 3 rings (SSSR count). The van der Waals surface area contributed by atoms with Gasteiger partial charge in [-0.3, -0.25) is 14.4 Å². The lowest BCUT2D eigenvalue weighted by Gasteiger charge is -2.27. The first-order chi connectivity index (χ1) is 14.4. The number of Topliss-reactive ketones (excluding diaryl/α,β-unsaturated/α-hetero) is 1. The average molecular weight is 452 g/mol. The number of rotatable bonds is 8. The topological polar surface area (TPSA) is 117 Å². The Hall–Kier alpha value is -2.26. The molecular weight excluding hydrogens is 426 g/mol. The molecule has 0 aliphatic heterocycles. The molecule has 2 amide bonds. The van der Waals surface area contributed by atoms with Gasteiger partial charge in [0.15, 0.2) is 5.78 Å². The maximum Gasteiger partial charge on any atom is 0.269 e. The number of hydrogen-bond donors (Lipinski definition) is 3. The fraction of sp³-hybridized carbons (Fsp3) is 0.550. The zero-order valence-electron chi connectivity index (χ0n) is 17.1. The van der Waals surface area contributed by atoms with Crippen molar-refractivity contribution in [3.63, 3.8) is 0 Å². The van der Waals surface area contributed by atoms with E-state index in [9.17, 15) is 14.4 Å². The van der Waals surface area contributed by atoms with Gasteiger partial charge in [-0.25, -0.2) is 4.98 Å². The fourth-order valence-electron chi connectivity index (χ4n) is 3.84. The van der Waals surface area contributed by atoms with E-state index >= 15 is 0 Å². The fourth-order valence-corrected chi connectivity index (χ4v) is 4.77. The minimum atomic E-state index is -0.345. The van der Waals surface area contributed by atoms with E-state index in [0.717, 1.165) is 44.2 Å². The van der Waals surface area contributed by atoms with Crippen molar-refractivity contribution in [2.75, 3.05) is 12.4 Å². The largest absolute Gasteiger partial charge is 0.354 e. The van der Waals surface area contributed by atoms with Crippen LogP contribution in [0.3, 0.4) is 0 Å². The van der Waals surface area contributed by atoms with E-state index in [1.54, 1.807) is 0 Å². The molecule has 2 aromatic heterocycles. The molecule has 1 aliphatic carbocycles. The minimum absolute atomic E-state index is 0.00874.